The molecule has 0 unspecified atom stereocenters. The first-order valence-corrected chi connectivity index (χ1v) is 9.12. The fourth-order valence-corrected chi connectivity index (χ4v) is 8.27. The third-order valence-electron chi connectivity index (χ3n) is 2.63. The summed E-state index contributed by atoms with van der Waals surface area (Å²) in [6.45, 7) is 4.07. The van der Waals surface area contributed by atoms with Crippen LogP contribution in [0.1, 0.15) is 13.8 Å². The molecule has 0 radical (unpaired) electrons. The van der Waals surface area contributed by atoms with E-state index in [2.05, 4.69) is 4.65 Å². The number of rotatable bonds is 8. The van der Waals surface area contributed by atoms with Crippen molar-refractivity contribution in [3.8, 4) is 0 Å². The normalized spacial score (nSPS) is 13.2. The highest BCUT2D eigenvalue weighted by Gasteiger charge is 2.47. The minimum atomic E-state index is -2.35. The number of hydrogen-bond acceptors (Lipinski definition) is 5. The standard InChI is InChI=1S/C8H23NO4Si2/c1-7-14(10-3,11-4)9-15(8-2,12-5)13-6/h9H,7-8H2,1-6H3. The largest absolute Gasteiger partial charge is 0.421 e. The Morgan fingerprint density at radius 2 is 1.00 bits per heavy atom. The van der Waals surface area contributed by atoms with E-state index in [0.29, 0.717) is 0 Å². The molecule has 0 aromatic heterocycles. The molecule has 1 N–H and O–H groups in total. The van der Waals surface area contributed by atoms with Gasteiger partial charge in [-0.3, -0.25) is 4.65 Å². The van der Waals surface area contributed by atoms with Crippen molar-refractivity contribution in [1.82, 2.24) is 4.65 Å². The maximum absolute atomic E-state index is 5.48. The van der Waals surface area contributed by atoms with E-state index in [9.17, 15) is 0 Å². The van der Waals surface area contributed by atoms with Crippen LogP contribution in [-0.2, 0) is 17.7 Å². The maximum atomic E-state index is 5.48. The van der Waals surface area contributed by atoms with E-state index in [-0.39, 0.29) is 0 Å². The molecule has 92 valence electrons. The van der Waals surface area contributed by atoms with Crippen LogP contribution in [0.3, 0.4) is 0 Å². The summed E-state index contributed by atoms with van der Waals surface area (Å²) in [6.07, 6.45) is 0. The van der Waals surface area contributed by atoms with Gasteiger partial charge in [-0.05, 0) is 0 Å². The van der Waals surface area contributed by atoms with Crippen molar-refractivity contribution in [1.29, 1.82) is 0 Å². The van der Waals surface area contributed by atoms with Crippen LogP contribution >= 0.6 is 0 Å². The molecule has 0 aromatic rings. The van der Waals surface area contributed by atoms with Gasteiger partial charge in [0.25, 0.3) is 0 Å². The average molecular weight is 253 g/mol. The lowest BCUT2D eigenvalue weighted by atomic mass is 11.0. The minimum absolute atomic E-state index is 0.807. The summed E-state index contributed by atoms with van der Waals surface area (Å²) in [7, 11) is 1.93. The van der Waals surface area contributed by atoms with Crippen LogP contribution in [0.2, 0.25) is 12.1 Å². The van der Waals surface area contributed by atoms with Gasteiger partial charge in [-0.1, -0.05) is 13.8 Å². The second kappa shape index (κ2) is 6.74. The highest BCUT2D eigenvalue weighted by Crippen LogP contribution is 2.15. The number of hydrogen-bond donors (Lipinski definition) is 1. The third kappa shape index (κ3) is 3.63. The zero-order valence-corrected chi connectivity index (χ0v) is 12.5. The molecule has 15 heavy (non-hydrogen) atoms. The molecule has 0 aliphatic heterocycles. The molecule has 0 heterocycles. The molecule has 0 fully saturated rings. The van der Waals surface area contributed by atoms with Gasteiger partial charge in [-0.2, -0.15) is 0 Å². The third-order valence-corrected chi connectivity index (χ3v) is 10.2. The molecule has 0 aromatic carbocycles. The van der Waals surface area contributed by atoms with Gasteiger partial charge in [0.05, 0.1) is 0 Å². The Balaban J connectivity index is 4.74. The van der Waals surface area contributed by atoms with Crippen LogP contribution in [0.25, 0.3) is 0 Å². The fourth-order valence-electron chi connectivity index (χ4n) is 1.42. The Morgan fingerprint density at radius 3 is 1.13 bits per heavy atom. The van der Waals surface area contributed by atoms with Crippen molar-refractivity contribution in [3.05, 3.63) is 0 Å². The molecular weight excluding hydrogens is 230 g/mol. The van der Waals surface area contributed by atoms with Gasteiger partial charge in [0, 0.05) is 40.5 Å². The number of nitrogens with one attached hydrogen (secondary N) is 1. The van der Waals surface area contributed by atoms with E-state index in [4.69, 9.17) is 17.7 Å². The van der Waals surface area contributed by atoms with Crippen LogP contribution in [0.5, 0.6) is 0 Å². The van der Waals surface area contributed by atoms with Gasteiger partial charge in [0.15, 0.2) is 0 Å². The summed E-state index contributed by atoms with van der Waals surface area (Å²) in [4.78, 5) is 0. The molecule has 7 heteroatoms. The van der Waals surface area contributed by atoms with Crippen molar-refractivity contribution in [2.45, 2.75) is 25.9 Å². The predicted octanol–water partition coefficient (Wildman–Crippen LogP) is 1.08. The van der Waals surface area contributed by atoms with Crippen molar-refractivity contribution in [2.24, 2.45) is 0 Å². The molecule has 0 aliphatic carbocycles. The van der Waals surface area contributed by atoms with Gasteiger partial charge in [0.2, 0.25) is 0 Å². The predicted molar refractivity (Wildman–Crippen MR) is 63.6 cm³/mol. The van der Waals surface area contributed by atoms with E-state index in [0.717, 1.165) is 12.1 Å². The lowest BCUT2D eigenvalue weighted by Crippen LogP contribution is -2.69. The molecule has 0 bridgehead atoms. The first-order valence-electron chi connectivity index (χ1n) is 5.07. The summed E-state index contributed by atoms with van der Waals surface area (Å²) in [5.41, 5.74) is 0. The molecule has 0 saturated heterocycles. The monoisotopic (exact) mass is 253 g/mol. The Kier molecular flexibility index (Phi) is 6.84. The van der Waals surface area contributed by atoms with E-state index in [1.807, 2.05) is 13.8 Å². The molecule has 0 amide bonds. The molecule has 0 aliphatic rings. The zero-order valence-electron chi connectivity index (χ0n) is 10.5. The highest BCUT2D eigenvalue weighted by atomic mass is 28.4. The van der Waals surface area contributed by atoms with Crippen molar-refractivity contribution < 1.29 is 17.7 Å². The molecule has 0 saturated carbocycles. The summed E-state index contributed by atoms with van der Waals surface area (Å²) < 4.78 is 25.3. The van der Waals surface area contributed by atoms with Gasteiger partial charge in [-0.15, -0.1) is 0 Å². The van der Waals surface area contributed by atoms with E-state index >= 15 is 0 Å². The van der Waals surface area contributed by atoms with Gasteiger partial charge < -0.3 is 17.7 Å². The zero-order chi connectivity index (χ0) is 11.9. The van der Waals surface area contributed by atoms with Gasteiger partial charge >= 0.3 is 17.4 Å². The van der Waals surface area contributed by atoms with E-state index in [1.54, 1.807) is 28.4 Å². The lowest BCUT2D eigenvalue weighted by Gasteiger charge is -2.35. The Morgan fingerprint density at radius 1 is 0.733 bits per heavy atom. The lowest BCUT2D eigenvalue weighted by molar-refractivity contribution is 0.201. The topological polar surface area (TPSA) is 49.0 Å². The smallest absolute Gasteiger partial charge is 0.386 e. The van der Waals surface area contributed by atoms with Crippen LogP contribution in [-0.4, -0.2) is 45.9 Å². The van der Waals surface area contributed by atoms with Gasteiger partial charge in [0.1, 0.15) is 0 Å². The van der Waals surface area contributed by atoms with Crippen molar-refractivity contribution in [2.75, 3.05) is 28.4 Å². The minimum Gasteiger partial charge on any atom is -0.386 e. The Labute approximate surface area is 94.7 Å². The highest BCUT2D eigenvalue weighted by molar-refractivity contribution is 6.81. The van der Waals surface area contributed by atoms with E-state index in [1.165, 1.54) is 0 Å². The molecule has 0 atom stereocenters. The second-order valence-corrected chi connectivity index (χ2v) is 10.2. The van der Waals surface area contributed by atoms with E-state index < -0.39 is 17.4 Å². The first-order chi connectivity index (χ1) is 7.07. The fraction of sp³-hybridized carbons (Fsp3) is 1.00. The summed E-state index contributed by atoms with van der Waals surface area (Å²) >= 11 is 0. The molecule has 0 spiro atoms. The SMILES string of the molecule is CC[Si](N[Si](CC)(OC)OC)(OC)OC. The maximum Gasteiger partial charge on any atom is 0.421 e. The Hall–Kier alpha value is 0.234. The summed E-state index contributed by atoms with van der Waals surface area (Å²) in [5.74, 6) is 0. The average Bonchev–Trinajstić information content (AvgIpc) is 2.33. The molecule has 5 nitrogen and oxygen atoms in total. The van der Waals surface area contributed by atoms with Crippen molar-refractivity contribution in [3.63, 3.8) is 0 Å². The van der Waals surface area contributed by atoms with Crippen LogP contribution in [0.15, 0.2) is 0 Å². The van der Waals surface area contributed by atoms with Crippen LogP contribution < -0.4 is 4.65 Å². The molecule has 0 rings (SSSR count). The van der Waals surface area contributed by atoms with Crippen LogP contribution in [0.4, 0.5) is 0 Å². The van der Waals surface area contributed by atoms with Gasteiger partial charge in [-0.25, -0.2) is 0 Å². The van der Waals surface area contributed by atoms with Crippen LogP contribution in [0, 0.1) is 0 Å². The summed E-state index contributed by atoms with van der Waals surface area (Å²) in [5, 5.41) is 0. The Bertz CT molecular complexity index is 139. The van der Waals surface area contributed by atoms with Crippen molar-refractivity contribution >= 4 is 17.4 Å². The second-order valence-electron chi connectivity index (χ2n) is 3.15. The first kappa shape index (κ1) is 15.2. The molecular formula is C8H23NO4Si2. The quantitative estimate of drug-likeness (QED) is 0.656. The summed E-state index contributed by atoms with van der Waals surface area (Å²) in [6, 6.07) is 1.61.